The molecule has 0 fully saturated rings. The normalized spacial score (nSPS) is 12.2. The van der Waals surface area contributed by atoms with Crippen molar-refractivity contribution in [2.75, 3.05) is 13.7 Å². The van der Waals surface area contributed by atoms with Crippen LogP contribution < -0.4 is 5.32 Å². The second-order valence-electron chi connectivity index (χ2n) is 4.29. The van der Waals surface area contributed by atoms with Gasteiger partial charge in [-0.2, -0.15) is 0 Å². The summed E-state index contributed by atoms with van der Waals surface area (Å²) in [4.78, 5) is 12.7. The highest BCUT2D eigenvalue weighted by molar-refractivity contribution is 7.08. The minimum absolute atomic E-state index is 0.0762. The predicted molar refractivity (Wildman–Crippen MR) is 79.2 cm³/mol. The van der Waals surface area contributed by atoms with Gasteiger partial charge in [0.15, 0.2) is 0 Å². The lowest BCUT2D eigenvalue weighted by Gasteiger charge is -2.12. The number of ether oxygens (including phenoxy) is 1. The molecule has 7 heteroatoms. The Morgan fingerprint density at radius 1 is 1.45 bits per heavy atom. The first-order valence-electron chi connectivity index (χ1n) is 6.00. The molecular weight excluding hydrogens is 298 g/mol. The molecule has 1 atom stereocenters. The molecule has 0 saturated carbocycles. The van der Waals surface area contributed by atoms with Crippen molar-refractivity contribution in [1.82, 2.24) is 14.9 Å². The minimum atomic E-state index is -0.200. The van der Waals surface area contributed by atoms with Crippen molar-refractivity contribution in [3.05, 3.63) is 34.2 Å². The van der Waals surface area contributed by atoms with Crippen molar-refractivity contribution in [3.63, 3.8) is 0 Å². The Hall–Kier alpha value is -1.50. The van der Waals surface area contributed by atoms with E-state index in [9.17, 15) is 4.79 Å². The molecule has 2 aromatic rings. The van der Waals surface area contributed by atoms with Gasteiger partial charge in [0.05, 0.1) is 6.61 Å². The molecule has 1 N–H and O–H groups in total. The van der Waals surface area contributed by atoms with Crippen molar-refractivity contribution in [1.29, 1.82) is 0 Å². The Bertz CT molecular complexity index is 586. The first kappa shape index (κ1) is 14.9. The molecule has 1 unspecified atom stereocenters. The van der Waals surface area contributed by atoms with Crippen molar-refractivity contribution in [2.24, 2.45) is 0 Å². The summed E-state index contributed by atoms with van der Waals surface area (Å²) in [6.07, 6.45) is 0. The van der Waals surface area contributed by atoms with E-state index in [1.165, 1.54) is 0 Å². The van der Waals surface area contributed by atoms with Crippen LogP contribution >= 0.6 is 23.1 Å². The maximum atomic E-state index is 12.2. The Kier molecular flexibility index (Phi) is 5.05. The van der Waals surface area contributed by atoms with Gasteiger partial charge in [-0.1, -0.05) is 28.2 Å². The lowest BCUT2D eigenvalue weighted by atomic mass is 10.1. The highest BCUT2D eigenvalue weighted by Gasteiger charge is 2.19. The van der Waals surface area contributed by atoms with Gasteiger partial charge in [0.1, 0.15) is 10.6 Å². The predicted octanol–water partition coefficient (Wildman–Crippen LogP) is 2.62. The molecule has 0 aliphatic rings. The molecule has 0 saturated heterocycles. The highest BCUT2D eigenvalue weighted by atomic mass is 35.5. The number of carbonyl (C=O) groups is 1. The standard InChI is InChI=1S/C13H14ClN3O2S/c1-8(7-19-2)15-13(18)12-11(16-17-20-12)9-3-5-10(14)6-4-9/h3-6,8H,7H2,1-2H3,(H,15,18). The number of halogens is 1. The summed E-state index contributed by atoms with van der Waals surface area (Å²) in [6.45, 7) is 2.33. The van der Waals surface area contributed by atoms with Gasteiger partial charge in [-0.25, -0.2) is 0 Å². The number of benzene rings is 1. The van der Waals surface area contributed by atoms with Gasteiger partial charge in [0.2, 0.25) is 0 Å². The number of nitrogens with zero attached hydrogens (tertiary/aromatic N) is 2. The zero-order valence-corrected chi connectivity index (χ0v) is 12.7. The summed E-state index contributed by atoms with van der Waals surface area (Å²) in [7, 11) is 1.59. The summed E-state index contributed by atoms with van der Waals surface area (Å²) in [6, 6.07) is 7.06. The molecule has 2 rings (SSSR count). The third-order valence-corrected chi connectivity index (χ3v) is 3.58. The van der Waals surface area contributed by atoms with Crippen LogP contribution in [0.15, 0.2) is 24.3 Å². The van der Waals surface area contributed by atoms with E-state index in [4.69, 9.17) is 16.3 Å². The molecule has 5 nitrogen and oxygen atoms in total. The molecule has 1 aromatic heterocycles. The van der Waals surface area contributed by atoms with Gasteiger partial charge in [0.25, 0.3) is 5.91 Å². The van der Waals surface area contributed by atoms with Gasteiger partial charge in [-0.3, -0.25) is 4.79 Å². The summed E-state index contributed by atoms with van der Waals surface area (Å²) >= 11 is 6.92. The van der Waals surface area contributed by atoms with Crippen LogP contribution in [-0.4, -0.2) is 35.3 Å². The fourth-order valence-electron chi connectivity index (χ4n) is 1.72. The summed E-state index contributed by atoms with van der Waals surface area (Å²) in [5.74, 6) is -0.200. The number of hydrogen-bond acceptors (Lipinski definition) is 5. The molecule has 0 aliphatic carbocycles. The van der Waals surface area contributed by atoms with Crippen molar-refractivity contribution < 1.29 is 9.53 Å². The van der Waals surface area contributed by atoms with Crippen molar-refractivity contribution >= 4 is 29.0 Å². The number of amides is 1. The zero-order valence-electron chi connectivity index (χ0n) is 11.1. The topological polar surface area (TPSA) is 64.1 Å². The largest absolute Gasteiger partial charge is 0.383 e. The molecule has 1 aromatic carbocycles. The van der Waals surface area contributed by atoms with Crippen LogP contribution in [0.3, 0.4) is 0 Å². The molecule has 20 heavy (non-hydrogen) atoms. The third-order valence-electron chi connectivity index (χ3n) is 2.61. The number of carbonyl (C=O) groups excluding carboxylic acids is 1. The maximum Gasteiger partial charge on any atom is 0.265 e. The van der Waals surface area contributed by atoms with E-state index < -0.39 is 0 Å². The van der Waals surface area contributed by atoms with Crippen molar-refractivity contribution in [3.8, 4) is 11.3 Å². The van der Waals surface area contributed by atoms with Crippen LogP contribution in [-0.2, 0) is 4.74 Å². The molecule has 0 bridgehead atoms. The van der Waals surface area contributed by atoms with E-state index in [1.54, 1.807) is 19.2 Å². The summed E-state index contributed by atoms with van der Waals surface area (Å²) in [5.41, 5.74) is 1.38. The number of nitrogens with one attached hydrogen (secondary N) is 1. The fraction of sp³-hybridized carbons (Fsp3) is 0.308. The number of methoxy groups -OCH3 is 1. The van der Waals surface area contributed by atoms with Crippen LogP contribution in [0.5, 0.6) is 0 Å². The van der Waals surface area contributed by atoms with E-state index in [2.05, 4.69) is 14.9 Å². The molecule has 1 amide bonds. The van der Waals surface area contributed by atoms with Gasteiger partial charge in [0, 0.05) is 23.7 Å². The van der Waals surface area contributed by atoms with Crippen LogP contribution in [0.25, 0.3) is 11.3 Å². The Labute approximate surface area is 126 Å². The van der Waals surface area contributed by atoms with E-state index in [1.807, 2.05) is 19.1 Å². The molecule has 1 heterocycles. The first-order chi connectivity index (χ1) is 9.61. The van der Waals surface area contributed by atoms with Crippen LogP contribution in [0, 0.1) is 0 Å². The molecule has 0 spiro atoms. The Balaban J connectivity index is 2.20. The second-order valence-corrected chi connectivity index (χ2v) is 5.48. The monoisotopic (exact) mass is 311 g/mol. The van der Waals surface area contributed by atoms with E-state index in [0.29, 0.717) is 22.2 Å². The quantitative estimate of drug-likeness (QED) is 0.922. The van der Waals surface area contributed by atoms with E-state index >= 15 is 0 Å². The third kappa shape index (κ3) is 3.53. The molecular formula is C13H14ClN3O2S. The lowest BCUT2D eigenvalue weighted by Crippen LogP contribution is -2.35. The van der Waals surface area contributed by atoms with E-state index in [0.717, 1.165) is 17.1 Å². The van der Waals surface area contributed by atoms with Gasteiger partial charge in [-0.15, -0.1) is 5.10 Å². The average Bonchev–Trinajstić information content (AvgIpc) is 2.89. The first-order valence-corrected chi connectivity index (χ1v) is 7.15. The number of hydrogen-bond donors (Lipinski definition) is 1. The van der Waals surface area contributed by atoms with E-state index in [-0.39, 0.29) is 11.9 Å². The van der Waals surface area contributed by atoms with Gasteiger partial charge >= 0.3 is 0 Å². The highest BCUT2D eigenvalue weighted by Crippen LogP contribution is 2.25. The molecule has 0 radical (unpaired) electrons. The summed E-state index contributed by atoms with van der Waals surface area (Å²) in [5, 5.41) is 7.50. The summed E-state index contributed by atoms with van der Waals surface area (Å²) < 4.78 is 8.85. The SMILES string of the molecule is COCC(C)NC(=O)c1snnc1-c1ccc(Cl)cc1. The van der Waals surface area contributed by atoms with Gasteiger partial charge in [-0.05, 0) is 30.6 Å². The van der Waals surface area contributed by atoms with Crippen LogP contribution in [0.2, 0.25) is 5.02 Å². The minimum Gasteiger partial charge on any atom is -0.383 e. The lowest BCUT2D eigenvalue weighted by molar-refractivity contribution is 0.0910. The van der Waals surface area contributed by atoms with Crippen LogP contribution in [0.1, 0.15) is 16.6 Å². The van der Waals surface area contributed by atoms with Crippen molar-refractivity contribution in [2.45, 2.75) is 13.0 Å². The average molecular weight is 312 g/mol. The smallest absolute Gasteiger partial charge is 0.265 e. The number of aromatic nitrogens is 2. The van der Waals surface area contributed by atoms with Gasteiger partial charge < -0.3 is 10.1 Å². The fourth-order valence-corrected chi connectivity index (χ4v) is 2.43. The second kappa shape index (κ2) is 6.78. The number of rotatable bonds is 5. The Morgan fingerprint density at radius 3 is 2.80 bits per heavy atom. The maximum absolute atomic E-state index is 12.2. The Morgan fingerprint density at radius 2 is 2.15 bits per heavy atom. The zero-order chi connectivity index (χ0) is 14.5. The molecule has 106 valence electrons. The van der Waals surface area contributed by atoms with Crippen LogP contribution in [0.4, 0.5) is 0 Å². The molecule has 0 aliphatic heterocycles.